The number of carbonyl (C=O) groups excluding carboxylic acids is 1. The van der Waals surface area contributed by atoms with Crippen LogP contribution in [-0.4, -0.2) is 35.2 Å². The van der Waals surface area contributed by atoms with Gasteiger partial charge in [0.15, 0.2) is 5.78 Å². The van der Waals surface area contributed by atoms with E-state index in [0.29, 0.717) is 0 Å². The highest BCUT2D eigenvalue weighted by Crippen LogP contribution is 2.15. The molecule has 0 amide bonds. The molecule has 0 aliphatic carbocycles. The van der Waals surface area contributed by atoms with Crippen molar-refractivity contribution in [3.63, 3.8) is 0 Å². The Bertz CT molecular complexity index is 513. The van der Waals surface area contributed by atoms with Crippen molar-refractivity contribution in [2.75, 3.05) is 14.1 Å². The first-order valence-corrected chi connectivity index (χ1v) is 5.37. The van der Waals surface area contributed by atoms with Gasteiger partial charge in [0.2, 0.25) is 0 Å². The maximum atomic E-state index is 12.2. The number of nitrogens with zero attached hydrogens (tertiary/aromatic N) is 2. The Balaban J connectivity index is 2.44. The standard InChI is InChI=1S/C13H16N2O/c1-10(14(2)3)13(16)11-7-9-15-8-5-4-6-12(11)15/h4-10H,1-3H3. The summed E-state index contributed by atoms with van der Waals surface area (Å²) in [6.07, 6.45) is 3.87. The minimum Gasteiger partial charge on any atom is -0.323 e. The van der Waals surface area contributed by atoms with Gasteiger partial charge in [-0.2, -0.15) is 0 Å². The van der Waals surface area contributed by atoms with Gasteiger partial charge in [0.25, 0.3) is 0 Å². The molecule has 0 aromatic carbocycles. The zero-order chi connectivity index (χ0) is 11.7. The van der Waals surface area contributed by atoms with Gasteiger partial charge in [0, 0.05) is 18.0 Å². The van der Waals surface area contributed by atoms with Crippen LogP contribution in [0.15, 0.2) is 36.7 Å². The van der Waals surface area contributed by atoms with Crippen LogP contribution >= 0.6 is 0 Å². The number of Topliss-reactive ketones (excluding diaryl/α,β-unsaturated/α-hetero) is 1. The Kier molecular flexibility index (Phi) is 2.79. The summed E-state index contributed by atoms with van der Waals surface area (Å²) in [7, 11) is 3.84. The van der Waals surface area contributed by atoms with Crippen LogP contribution in [0, 0.1) is 0 Å². The average Bonchev–Trinajstić information content (AvgIpc) is 2.70. The van der Waals surface area contributed by atoms with E-state index in [1.54, 1.807) is 0 Å². The fourth-order valence-electron chi connectivity index (χ4n) is 1.72. The van der Waals surface area contributed by atoms with Crippen molar-refractivity contribution in [2.24, 2.45) is 0 Å². The summed E-state index contributed by atoms with van der Waals surface area (Å²) in [5, 5.41) is 0. The number of fused-ring (bicyclic) bond motifs is 1. The Morgan fingerprint density at radius 3 is 2.69 bits per heavy atom. The monoisotopic (exact) mass is 216 g/mol. The second-order valence-electron chi connectivity index (χ2n) is 4.23. The number of carbonyl (C=O) groups is 1. The fourth-order valence-corrected chi connectivity index (χ4v) is 1.72. The van der Waals surface area contributed by atoms with E-state index in [-0.39, 0.29) is 11.8 Å². The normalized spacial score (nSPS) is 13.2. The Morgan fingerprint density at radius 2 is 2.00 bits per heavy atom. The maximum Gasteiger partial charge on any atom is 0.181 e. The number of pyridine rings is 1. The van der Waals surface area contributed by atoms with E-state index in [9.17, 15) is 4.79 Å². The van der Waals surface area contributed by atoms with Gasteiger partial charge >= 0.3 is 0 Å². The third-order valence-electron chi connectivity index (χ3n) is 2.99. The van der Waals surface area contributed by atoms with Crippen molar-refractivity contribution in [1.82, 2.24) is 9.30 Å². The van der Waals surface area contributed by atoms with Gasteiger partial charge in [0.05, 0.1) is 11.6 Å². The van der Waals surface area contributed by atoms with Crippen molar-refractivity contribution in [3.8, 4) is 0 Å². The number of ketones is 1. The van der Waals surface area contributed by atoms with Gasteiger partial charge in [0.1, 0.15) is 0 Å². The van der Waals surface area contributed by atoms with Crippen LogP contribution < -0.4 is 0 Å². The van der Waals surface area contributed by atoms with E-state index in [0.717, 1.165) is 11.1 Å². The highest BCUT2D eigenvalue weighted by Gasteiger charge is 2.19. The Hall–Kier alpha value is -1.61. The fraction of sp³-hybridized carbons (Fsp3) is 0.308. The molecule has 2 rings (SSSR count). The van der Waals surface area contributed by atoms with E-state index < -0.39 is 0 Å². The van der Waals surface area contributed by atoms with Crippen molar-refractivity contribution in [2.45, 2.75) is 13.0 Å². The molecular weight excluding hydrogens is 200 g/mol. The van der Waals surface area contributed by atoms with E-state index in [1.165, 1.54) is 0 Å². The Labute approximate surface area is 95.3 Å². The molecule has 3 heteroatoms. The summed E-state index contributed by atoms with van der Waals surface area (Å²) < 4.78 is 1.97. The maximum absolute atomic E-state index is 12.2. The molecule has 0 spiro atoms. The number of likely N-dealkylation sites (N-methyl/N-ethyl adjacent to an activating group) is 1. The van der Waals surface area contributed by atoms with Crippen molar-refractivity contribution in [3.05, 3.63) is 42.2 Å². The van der Waals surface area contributed by atoms with Gasteiger partial charge in [-0.15, -0.1) is 0 Å². The second kappa shape index (κ2) is 4.10. The molecule has 2 aromatic rings. The quantitative estimate of drug-likeness (QED) is 0.734. The van der Waals surface area contributed by atoms with Crippen LogP contribution in [0.2, 0.25) is 0 Å². The zero-order valence-corrected chi connectivity index (χ0v) is 9.84. The number of rotatable bonds is 3. The molecule has 0 aliphatic rings. The van der Waals surface area contributed by atoms with Crippen LogP contribution in [-0.2, 0) is 0 Å². The van der Waals surface area contributed by atoms with Crippen LogP contribution in [0.4, 0.5) is 0 Å². The molecule has 84 valence electrons. The summed E-state index contributed by atoms with van der Waals surface area (Å²) in [5.74, 6) is 0.165. The van der Waals surface area contributed by atoms with Gasteiger partial charge < -0.3 is 4.40 Å². The van der Waals surface area contributed by atoms with Crippen LogP contribution in [0.1, 0.15) is 17.3 Å². The van der Waals surface area contributed by atoms with E-state index >= 15 is 0 Å². The van der Waals surface area contributed by atoms with Crippen LogP contribution in [0.5, 0.6) is 0 Å². The van der Waals surface area contributed by atoms with Gasteiger partial charge in [-0.3, -0.25) is 9.69 Å². The highest BCUT2D eigenvalue weighted by molar-refractivity contribution is 6.05. The second-order valence-corrected chi connectivity index (χ2v) is 4.23. The number of hydrogen-bond acceptors (Lipinski definition) is 2. The lowest BCUT2D eigenvalue weighted by atomic mass is 10.1. The third-order valence-corrected chi connectivity index (χ3v) is 2.99. The Morgan fingerprint density at radius 1 is 1.25 bits per heavy atom. The zero-order valence-electron chi connectivity index (χ0n) is 9.84. The van der Waals surface area contributed by atoms with Gasteiger partial charge in [-0.1, -0.05) is 6.07 Å². The minimum atomic E-state index is -0.0913. The smallest absolute Gasteiger partial charge is 0.181 e. The van der Waals surface area contributed by atoms with Crippen molar-refractivity contribution >= 4 is 11.3 Å². The largest absolute Gasteiger partial charge is 0.323 e. The molecule has 16 heavy (non-hydrogen) atoms. The molecule has 0 bridgehead atoms. The molecule has 0 fully saturated rings. The summed E-state index contributed by atoms with van der Waals surface area (Å²) in [6.45, 7) is 1.93. The molecule has 0 saturated carbocycles. The first-order chi connectivity index (χ1) is 7.61. The molecule has 2 heterocycles. The predicted octanol–water partition coefficient (Wildman–Crippen LogP) is 2.07. The predicted molar refractivity (Wildman–Crippen MR) is 64.9 cm³/mol. The van der Waals surface area contributed by atoms with Gasteiger partial charge in [-0.25, -0.2) is 0 Å². The molecule has 0 N–H and O–H groups in total. The highest BCUT2D eigenvalue weighted by atomic mass is 16.1. The molecule has 2 aromatic heterocycles. The first kappa shape index (κ1) is 10.9. The van der Waals surface area contributed by atoms with Crippen LogP contribution in [0.25, 0.3) is 5.52 Å². The summed E-state index contributed by atoms with van der Waals surface area (Å²) in [6, 6.07) is 7.67. The summed E-state index contributed by atoms with van der Waals surface area (Å²) in [4.78, 5) is 14.1. The van der Waals surface area contributed by atoms with Gasteiger partial charge in [-0.05, 0) is 39.2 Å². The lowest BCUT2D eigenvalue weighted by Gasteiger charge is -2.17. The first-order valence-electron chi connectivity index (χ1n) is 5.37. The van der Waals surface area contributed by atoms with Crippen LogP contribution in [0.3, 0.4) is 0 Å². The molecule has 0 aliphatic heterocycles. The molecule has 0 radical (unpaired) electrons. The SMILES string of the molecule is CC(C(=O)c1ccn2ccccc12)N(C)C. The number of hydrogen-bond donors (Lipinski definition) is 0. The van der Waals surface area contributed by atoms with E-state index in [2.05, 4.69) is 0 Å². The van der Waals surface area contributed by atoms with E-state index in [1.807, 2.05) is 67.0 Å². The van der Waals surface area contributed by atoms with E-state index in [4.69, 9.17) is 0 Å². The molecule has 1 unspecified atom stereocenters. The molecule has 3 nitrogen and oxygen atoms in total. The minimum absolute atomic E-state index is 0.0913. The molecular formula is C13H16N2O. The van der Waals surface area contributed by atoms with Crippen molar-refractivity contribution in [1.29, 1.82) is 0 Å². The number of aromatic nitrogens is 1. The summed E-state index contributed by atoms with van der Waals surface area (Å²) >= 11 is 0. The summed E-state index contributed by atoms with van der Waals surface area (Å²) in [5.41, 5.74) is 1.77. The van der Waals surface area contributed by atoms with Crippen molar-refractivity contribution < 1.29 is 4.79 Å². The molecule has 1 atom stereocenters. The third kappa shape index (κ3) is 1.74. The molecule has 0 saturated heterocycles. The average molecular weight is 216 g/mol. The lowest BCUT2D eigenvalue weighted by molar-refractivity contribution is 0.0892. The topological polar surface area (TPSA) is 24.7 Å². The lowest BCUT2D eigenvalue weighted by Crippen LogP contribution is -2.32.